The summed E-state index contributed by atoms with van der Waals surface area (Å²) in [6, 6.07) is 0.495. The summed E-state index contributed by atoms with van der Waals surface area (Å²) >= 11 is 0. The van der Waals surface area contributed by atoms with E-state index >= 15 is 0 Å². The summed E-state index contributed by atoms with van der Waals surface area (Å²) in [6.45, 7) is 9.57. The maximum atomic E-state index is 4.82. The van der Waals surface area contributed by atoms with Crippen LogP contribution < -0.4 is 10.2 Å². The van der Waals surface area contributed by atoms with Crippen LogP contribution in [0.3, 0.4) is 0 Å². The molecular formula is C15H26N4. The van der Waals surface area contributed by atoms with Gasteiger partial charge in [-0.25, -0.2) is 9.97 Å². The summed E-state index contributed by atoms with van der Waals surface area (Å²) in [5.41, 5.74) is 1.16. The second-order valence-electron chi connectivity index (χ2n) is 5.55. The van der Waals surface area contributed by atoms with Crippen molar-refractivity contribution in [1.82, 2.24) is 9.97 Å². The Morgan fingerprint density at radius 2 is 2.00 bits per heavy atom. The van der Waals surface area contributed by atoms with E-state index in [2.05, 4.69) is 45.0 Å². The predicted molar refractivity (Wildman–Crippen MR) is 81.1 cm³/mol. The fourth-order valence-electron chi connectivity index (χ4n) is 2.21. The first-order valence-electron chi connectivity index (χ1n) is 7.43. The van der Waals surface area contributed by atoms with E-state index < -0.39 is 0 Å². The fraction of sp³-hybridized carbons (Fsp3) is 0.733. The molecule has 19 heavy (non-hydrogen) atoms. The van der Waals surface area contributed by atoms with E-state index in [1.54, 1.807) is 0 Å². The standard InChI is InChI=1S/C15H26N4/c1-6-10(3)19(5)15-11(4)13(16-7-2)17-14(18-15)12-8-9-12/h10,12H,6-9H2,1-5H3,(H,16,17,18). The Morgan fingerprint density at radius 3 is 2.53 bits per heavy atom. The Hall–Kier alpha value is -1.32. The second-order valence-corrected chi connectivity index (χ2v) is 5.55. The molecule has 0 spiro atoms. The highest BCUT2D eigenvalue weighted by Crippen LogP contribution is 2.40. The van der Waals surface area contributed by atoms with Crippen molar-refractivity contribution in [2.75, 3.05) is 23.8 Å². The van der Waals surface area contributed by atoms with Crippen LogP contribution in [0.2, 0.25) is 0 Å². The predicted octanol–water partition coefficient (Wildman–Crippen LogP) is 3.33. The summed E-state index contributed by atoms with van der Waals surface area (Å²) in [5, 5.41) is 3.37. The van der Waals surface area contributed by atoms with Crippen LogP contribution >= 0.6 is 0 Å². The minimum Gasteiger partial charge on any atom is -0.370 e. The molecule has 0 bridgehead atoms. The molecule has 1 aliphatic carbocycles. The van der Waals surface area contributed by atoms with E-state index in [4.69, 9.17) is 9.97 Å². The number of nitrogens with zero attached hydrogens (tertiary/aromatic N) is 3. The molecule has 1 aromatic heterocycles. The Kier molecular flexibility index (Phi) is 4.27. The van der Waals surface area contributed by atoms with Crippen LogP contribution in [-0.4, -0.2) is 29.6 Å². The molecule has 1 heterocycles. The van der Waals surface area contributed by atoms with Gasteiger partial charge in [0.1, 0.15) is 17.5 Å². The molecule has 4 nitrogen and oxygen atoms in total. The summed E-state index contributed by atoms with van der Waals surface area (Å²) in [6.07, 6.45) is 3.59. The van der Waals surface area contributed by atoms with Crippen LogP contribution in [0.1, 0.15) is 57.3 Å². The van der Waals surface area contributed by atoms with Crippen molar-refractivity contribution in [3.05, 3.63) is 11.4 Å². The van der Waals surface area contributed by atoms with Gasteiger partial charge in [0.05, 0.1) is 0 Å². The minimum absolute atomic E-state index is 0.495. The van der Waals surface area contributed by atoms with Crippen LogP contribution in [0, 0.1) is 6.92 Å². The zero-order valence-corrected chi connectivity index (χ0v) is 12.8. The molecule has 2 rings (SSSR count). The molecule has 1 fully saturated rings. The van der Waals surface area contributed by atoms with Crippen molar-refractivity contribution in [2.45, 2.75) is 58.9 Å². The van der Waals surface area contributed by atoms with Crippen molar-refractivity contribution in [3.8, 4) is 0 Å². The van der Waals surface area contributed by atoms with Gasteiger partial charge in [0.25, 0.3) is 0 Å². The van der Waals surface area contributed by atoms with Gasteiger partial charge < -0.3 is 10.2 Å². The molecule has 1 N–H and O–H groups in total. The van der Waals surface area contributed by atoms with E-state index in [1.165, 1.54) is 12.8 Å². The van der Waals surface area contributed by atoms with Crippen LogP contribution in [0.25, 0.3) is 0 Å². The van der Waals surface area contributed by atoms with Gasteiger partial charge >= 0.3 is 0 Å². The molecule has 0 amide bonds. The van der Waals surface area contributed by atoms with Gasteiger partial charge in [-0.15, -0.1) is 0 Å². The van der Waals surface area contributed by atoms with Gasteiger partial charge in [0.15, 0.2) is 0 Å². The maximum Gasteiger partial charge on any atom is 0.137 e. The van der Waals surface area contributed by atoms with Crippen LogP contribution in [0.15, 0.2) is 0 Å². The summed E-state index contributed by atoms with van der Waals surface area (Å²) in [5.74, 6) is 3.69. The van der Waals surface area contributed by atoms with Crippen molar-refractivity contribution in [2.24, 2.45) is 0 Å². The van der Waals surface area contributed by atoms with E-state index in [-0.39, 0.29) is 0 Å². The van der Waals surface area contributed by atoms with E-state index in [0.29, 0.717) is 12.0 Å². The van der Waals surface area contributed by atoms with Crippen molar-refractivity contribution >= 4 is 11.6 Å². The normalized spacial score (nSPS) is 16.3. The molecule has 1 saturated carbocycles. The molecular weight excluding hydrogens is 236 g/mol. The van der Waals surface area contributed by atoms with E-state index in [0.717, 1.165) is 36.0 Å². The van der Waals surface area contributed by atoms with Crippen LogP contribution in [0.4, 0.5) is 11.6 Å². The number of hydrogen-bond acceptors (Lipinski definition) is 4. The lowest BCUT2D eigenvalue weighted by molar-refractivity contribution is 0.651. The lowest BCUT2D eigenvalue weighted by Crippen LogP contribution is -2.30. The molecule has 1 aliphatic rings. The first kappa shape index (κ1) is 14.1. The zero-order chi connectivity index (χ0) is 14.0. The summed E-state index contributed by atoms with van der Waals surface area (Å²) in [7, 11) is 2.13. The molecule has 0 saturated heterocycles. The minimum atomic E-state index is 0.495. The lowest BCUT2D eigenvalue weighted by Gasteiger charge is -2.27. The highest BCUT2D eigenvalue weighted by atomic mass is 15.2. The molecule has 1 unspecified atom stereocenters. The van der Waals surface area contributed by atoms with Gasteiger partial charge in [0, 0.05) is 31.1 Å². The van der Waals surface area contributed by atoms with Gasteiger partial charge in [-0.05, 0) is 40.0 Å². The zero-order valence-electron chi connectivity index (χ0n) is 12.8. The third-order valence-corrected chi connectivity index (χ3v) is 4.01. The topological polar surface area (TPSA) is 41.1 Å². The van der Waals surface area contributed by atoms with E-state index in [9.17, 15) is 0 Å². The number of nitrogens with one attached hydrogen (secondary N) is 1. The molecule has 1 aromatic rings. The molecule has 0 radical (unpaired) electrons. The third kappa shape index (κ3) is 2.99. The average molecular weight is 262 g/mol. The number of aromatic nitrogens is 2. The van der Waals surface area contributed by atoms with E-state index in [1.807, 2.05) is 0 Å². The first-order chi connectivity index (χ1) is 9.08. The Bertz CT molecular complexity index is 440. The van der Waals surface area contributed by atoms with Crippen molar-refractivity contribution in [1.29, 1.82) is 0 Å². The summed E-state index contributed by atoms with van der Waals surface area (Å²) in [4.78, 5) is 11.8. The highest BCUT2D eigenvalue weighted by Gasteiger charge is 2.29. The fourth-order valence-corrected chi connectivity index (χ4v) is 2.21. The maximum absolute atomic E-state index is 4.82. The number of hydrogen-bond donors (Lipinski definition) is 1. The van der Waals surface area contributed by atoms with Crippen LogP contribution in [0.5, 0.6) is 0 Å². The summed E-state index contributed by atoms with van der Waals surface area (Å²) < 4.78 is 0. The quantitative estimate of drug-likeness (QED) is 0.853. The molecule has 4 heteroatoms. The van der Waals surface area contributed by atoms with Gasteiger partial charge in [-0.2, -0.15) is 0 Å². The Balaban J connectivity index is 2.39. The monoisotopic (exact) mass is 262 g/mol. The largest absolute Gasteiger partial charge is 0.370 e. The molecule has 106 valence electrons. The number of rotatable bonds is 6. The smallest absolute Gasteiger partial charge is 0.137 e. The third-order valence-electron chi connectivity index (χ3n) is 4.01. The first-order valence-corrected chi connectivity index (χ1v) is 7.43. The molecule has 1 atom stereocenters. The average Bonchev–Trinajstić information content (AvgIpc) is 3.24. The second kappa shape index (κ2) is 5.76. The van der Waals surface area contributed by atoms with Gasteiger partial charge in [-0.1, -0.05) is 6.92 Å². The Morgan fingerprint density at radius 1 is 1.32 bits per heavy atom. The van der Waals surface area contributed by atoms with Crippen molar-refractivity contribution < 1.29 is 0 Å². The highest BCUT2D eigenvalue weighted by molar-refractivity contribution is 5.59. The SMILES string of the molecule is CCNc1nc(C2CC2)nc(N(C)C(C)CC)c1C. The lowest BCUT2D eigenvalue weighted by atomic mass is 10.2. The molecule has 0 aromatic carbocycles. The Labute approximate surface area is 116 Å². The van der Waals surface area contributed by atoms with Crippen LogP contribution in [-0.2, 0) is 0 Å². The van der Waals surface area contributed by atoms with Gasteiger partial charge in [-0.3, -0.25) is 0 Å². The van der Waals surface area contributed by atoms with Crippen molar-refractivity contribution in [3.63, 3.8) is 0 Å². The number of anilines is 2. The molecule has 0 aliphatic heterocycles. The van der Waals surface area contributed by atoms with Gasteiger partial charge in [0.2, 0.25) is 0 Å².